The van der Waals surface area contributed by atoms with E-state index in [4.69, 9.17) is 0 Å². The molecule has 0 saturated heterocycles. The highest BCUT2D eigenvalue weighted by atomic mass is 32.1. The van der Waals surface area contributed by atoms with Crippen LogP contribution in [-0.4, -0.2) is 28.2 Å². The Morgan fingerprint density at radius 3 is 2.52 bits per heavy atom. The molecule has 33 heavy (non-hydrogen) atoms. The molecule has 0 aliphatic carbocycles. The number of thiazole rings is 1. The van der Waals surface area contributed by atoms with Gasteiger partial charge in [-0.1, -0.05) is 36.4 Å². The number of rotatable bonds is 6. The number of hydrogen-bond acceptors (Lipinski definition) is 6. The van der Waals surface area contributed by atoms with Gasteiger partial charge in [-0.25, -0.2) is 4.98 Å². The Morgan fingerprint density at radius 2 is 1.76 bits per heavy atom. The van der Waals surface area contributed by atoms with Crippen LogP contribution in [-0.2, 0) is 19.5 Å². The van der Waals surface area contributed by atoms with Crippen LogP contribution in [0, 0.1) is 0 Å². The molecule has 0 atom stereocenters. The summed E-state index contributed by atoms with van der Waals surface area (Å²) in [6, 6.07) is 20.9. The summed E-state index contributed by atoms with van der Waals surface area (Å²) in [5.41, 5.74) is 3.54. The number of aromatic nitrogens is 1. The lowest BCUT2D eigenvalue weighted by molar-refractivity contribution is 0.102. The van der Waals surface area contributed by atoms with E-state index in [2.05, 4.69) is 44.8 Å². The molecule has 2 N–H and O–H groups in total. The molecule has 1 aliphatic rings. The minimum atomic E-state index is -0.210. The fraction of sp³-hybridized carbons (Fsp3) is 0.160. The summed E-state index contributed by atoms with van der Waals surface area (Å²) in [6.45, 7) is 2.71. The minimum absolute atomic E-state index is 0.156. The normalized spacial score (nSPS) is 13.3. The van der Waals surface area contributed by atoms with E-state index >= 15 is 0 Å². The maximum absolute atomic E-state index is 12.7. The van der Waals surface area contributed by atoms with Crippen molar-refractivity contribution in [3.63, 3.8) is 0 Å². The number of nitrogens with zero attached hydrogens (tertiary/aromatic N) is 2. The molecule has 2 amide bonds. The Bertz CT molecular complexity index is 1250. The summed E-state index contributed by atoms with van der Waals surface area (Å²) < 4.78 is 0. The van der Waals surface area contributed by atoms with E-state index in [1.165, 1.54) is 21.8 Å². The summed E-state index contributed by atoms with van der Waals surface area (Å²) in [7, 11) is 0. The van der Waals surface area contributed by atoms with E-state index < -0.39 is 0 Å². The Labute approximate surface area is 199 Å². The van der Waals surface area contributed by atoms with E-state index in [1.54, 1.807) is 41.7 Å². The second-order valence-corrected chi connectivity index (χ2v) is 9.83. The van der Waals surface area contributed by atoms with Crippen LogP contribution >= 0.6 is 22.7 Å². The molecule has 166 valence electrons. The van der Waals surface area contributed by atoms with Crippen LogP contribution in [0.5, 0.6) is 0 Å². The summed E-state index contributed by atoms with van der Waals surface area (Å²) >= 11 is 2.93. The number of thiophene rings is 1. The zero-order valence-electron chi connectivity index (χ0n) is 17.8. The molecular weight excluding hydrogens is 452 g/mol. The van der Waals surface area contributed by atoms with Crippen LogP contribution in [0.3, 0.4) is 0 Å². The predicted octanol–water partition coefficient (Wildman–Crippen LogP) is 5.27. The number of benzene rings is 2. The molecule has 0 saturated carbocycles. The van der Waals surface area contributed by atoms with Crippen molar-refractivity contribution in [2.24, 2.45) is 0 Å². The van der Waals surface area contributed by atoms with Crippen LogP contribution in [0.2, 0.25) is 0 Å². The first-order valence-corrected chi connectivity index (χ1v) is 12.3. The first kappa shape index (κ1) is 21.5. The summed E-state index contributed by atoms with van der Waals surface area (Å²) in [6.07, 6.45) is 0.882. The maximum atomic E-state index is 12.7. The molecule has 2 aromatic heterocycles. The molecule has 1 aliphatic heterocycles. The van der Waals surface area contributed by atoms with E-state index in [-0.39, 0.29) is 11.8 Å². The SMILES string of the molecule is O=C(Nc1nc2c(s1)CN(Cc1ccccc1)CC2)c1ccc(NC(=O)c2cccs2)cc1. The third kappa shape index (κ3) is 5.19. The van der Waals surface area contributed by atoms with Gasteiger partial charge in [0, 0.05) is 42.2 Å². The first-order valence-electron chi connectivity index (χ1n) is 10.7. The van der Waals surface area contributed by atoms with Gasteiger partial charge in [-0.15, -0.1) is 22.7 Å². The zero-order valence-corrected chi connectivity index (χ0v) is 19.4. The van der Waals surface area contributed by atoms with E-state index in [9.17, 15) is 9.59 Å². The molecule has 0 fully saturated rings. The van der Waals surface area contributed by atoms with Crippen molar-refractivity contribution < 1.29 is 9.59 Å². The van der Waals surface area contributed by atoms with E-state index in [0.717, 1.165) is 31.7 Å². The molecule has 5 rings (SSSR count). The topological polar surface area (TPSA) is 74.3 Å². The van der Waals surface area contributed by atoms with Crippen LogP contribution in [0.4, 0.5) is 10.8 Å². The van der Waals surface area contributed by atoms with Gasteiger partial charge in [0.2, 0.25) is 0 Å². The van der Waals surface area contributed by atoms with Crippen molar-refractivity contribution in [2.45, 2.75) is 19.5 Å². The summed E-state index contributed by atoms with van der Waals surface area (Å²) in [5, 5.41) is 8.25. The lowest BCUT2D eigenvalue weighted by Crippen LogP contribution is -2.29. The number of hydrogen-bond donors (Lipinski definition) is 2. The molecule has 8 heteroatoms. The number of fused-ring (bicyclic) bond motifs is 1. The van der Waals surface area contributed by atoms with E-state index in [0.29, 0.717) is 21.3 Å². The highest BCUT2D eigenvalue weighted by Crippen LogP contribution is 2.29. The molecular formula is C25H22N4O2S2. The highest BCUT2D eigenvalue weighted by molar-refractivity contribution is 7.15. The largest absolute Gasteiger partial charge is 0.321 e. The van der Waals surface area contributed by atoms with Gasteiger partial charge in [-0.05, 0) is 41.3 Å². The quantitative estimate of drug-likeness (QED) is 0.399. The fourth-order valence-corrected chi connectivity index (χ4v) is 5.42. The summed E-state index contributed by atoms with van der Waals surface area (Å²) in [5.74, 6) is -0.366. The number of nitrogens with one attached hydrogen (secondary N) is 2. The lowest BCUT2D eigenvalue weighted by atomic mass is 10.1. The Balaban J connectivity index is 1.19. The maximum Gasteiger partial charge on any atom is 0.265 e. The molecule has 2 aromatic carbocycles. The predicted molar refractivity (Wildman–Crippen MR) is 133 cm³/mol. The number of anilines is 2. The van der Waals surface area contributed by atoms with Crippen molar-refractivity contribution in [3.8, 4) is 0 Å². The molecule has 4 aromatic rings. The second kappa shape index (κ2) is 9.66. The third-order valence-corrected chi connectivity index (χ3v) is 7.30. The van der Waals surface area contributed by atoms with Crippen molar-refractivity contribution >= 4 is 45.3 Å². The van der Waals surface area contributed by atoms with Gasteiger partial charge in [0.25, 0.3) is 11.8 Å². The van der Waals surface area contributed by atoms with Gasteiger partial charge in [0.1, 0.15) is 0 Å². The summed E-state index contributed by atoms with van der Waals surface area (Å²) in [4.78, 5) is 33.8. The van der Waals surface area contributed by atoms with Gasteiger partial charge in [-0.3, -0.25) is 19.8 Å². The molecule has 0 bridgehead atoms. The standard InChI is InChI=1S/C25H22N4O2S2/c30-23(18-8-10-19(11-9-18)26-24(31)21-7-4-14-32-21)28-25-27-20-12-13-29(16-22(20)33-25)15-17-5-2-1-3-6-17/h1-11,14H,12-13,15-16H2,(H,26,31)(H,27,28,30). The van der Waals surface area contributed by atoms with Crippen molar-refractivity contribution in [3.05, 3.63) is 98.7 Å². The number of carbonyl (C=O) groups excluding carboxylic acids is 2. The first-order chi connectivity index (χ1) is 16.1. The Morgan fingerprint density at radius 1 is 0.939 bits per heavy atom. The fourth-order valence-electron chi connectivity index (χ4n) is 3.75. The molecule has 6 nitrogen and oxygen atoms in total. The number of carbonyl (C=O) groups is 2. The van der Waals surface area contributed by atoms with Gasteiger partial charge < -0.3 is 5.32 Å². The second-order valence-electron chi connectivity index (χ2n) is 7.80. The highest BCUT2D eigenvalue weighted by Gasteiger charge is 2.21. The van der Waals surface area contributed by atoms with Crippen LogP contribution in [0.1, 0.15) is 36.2 Å². The van der Waals surface area contributed by atoms with Gasteiger partial charge in [0.05, 0.1) is 10.6 Å². The average molecular weight is 475 g/mol. The monoisotopic (exact) mass is 474 g/mol. The van der Waals surface area contributed by atoms with Gasteiger partial charge in [-0.2, -0.15) is 0 Å². The smallest absolute Gasteiger partial charge is 0.265 e. The van der Waals surface area contributed by atoms with Crippen molar-refractivity contribution in [1.29, 1.82) is 0 Å². The van der Waals surface area contributed by atoms with Crippen LogP contribution < -0.4 is 10.6 Å². The zero-order chi connectivity index (χ0) is 22.6. The van der Waals surface area contributed by atoms with Crippen LogP contribution in [0.15, 0.2) is 72.1 Å². The van der Waals surface area contributed by atoms with E-state index in [1.807, 2.05) is 17.5 Å². The minimum Gasteiger partial charge on any atom is -0.321 e. The Hall–Kier alpha value is -3.33. The van der Waals surface area contributed by atoms with Gasteiger partial charge in [0.15, 0.2) is 5.13 Å². The van der Waals surface area contributed by atoms with Crippen molar-refractivity contribution in [1.82, 2.24) is 9.88 Å². The average Bonchev–Trinajstić information content (AvgIpc) is 3.50. The Kier molecular flexibility index (Phi) is 6.30. The van der Waals surface area contributed by atoms with Crippen LogP contribution in [0.25, 0.3) is 0 Å². The number of amides is 2. The lowest BCUT2D eigenvalue weighted by Gasteiger charge is -2.25. The molecule has 0 radical (unpaired) electrons. The third-order valence-electron chi connectivity index (χ3n) is 5.43. The molecule has 0 unspecified atom stereocenters. The van der Waals surface area contributed by atoms with Gasteiger partial charge >= 0.3 is 0 Å². The molecule has 0 spiro atoms. The molecule has 3 heterocycles. The van der Waals surface area contributed by atoms with Crippen molar-refractivity contribution in [2.75, 3.05) is 17.2 Å².